The van der Waals surface area contributed by atoms with E-state index in [-0.39, 0.29) is 11.2 Å². The third kappa shape index (κ3) is 5.78. The summed E-state index contributed by atoms with van der Waals surface area (Å²) in [4.78, 5) is 0. The normalized spacial score (nSPS) is 23.4. The van der Waals surface area contributed by atoms with Crippen molar-refractivity contribution in [2.45, 2.75) is 46.0 Å². The van der Waals surface area contributed by atoms with Gasteiger partial charge in [0, 0.05) is 31.6 Å². The Morgan fingerprint density at radius 3 is 2.85 bits per heavy atom. The van der Waals surface area contributed by atoms with Crippen LogP contribution in [0, 0.1) is 18.7 Å². The molecule has 33 heavy (non-hydrogen) atoms. The molecule has 3 rings (SSSR count). The molecule has 4 nitrogen and oxygen atoms in total. The molecule has 5 heteroatoms. The van der Waals surface area contributed by atoms with Crippen molar-refractivity contribution in [1.82, 2.24) is 10.4 Å². The highest BCUT2D eigenvalue weighted by atomic mass is 19.1. The average Bonchev–Trinajstić information content (AvgIpc) is 3.18. The Balaban J connectivity index is 1.84. The minimum Gasteiger partial charge on any atom is -0.391 e. The van der Waals surface area contributed by atoms with Gasteiger partial charge in [-0.3, -0.25) is 0 Å². The van der Waals surface area contributed by atoms with Gasteiger partial charge in [-0.1, -0.05) is 56.0 Å². The molecule has 1 aromatic rings. The average molecular weight is 447 g/mol. The van der Waals surface area contributed by atoms with Crippen LogP contribution in [0.5, 0.6) is 0 Å². The summed E-state index contributed by atoms with van der Waals surface area (Å²) in [5, 5.41) is 13.4. The number of aryl methyl sites for hydroxylation is 1. The molecule has 1 N–H and O–H groups in total. The molecule has 1 unspecified atom stereocenters. The van der Waals surface area contributed by atoms with Crippen LogP contribution >= 0.6 is 0 Å². The van der Waals surface area contributed by atoms with Gasteiger partial charge in [0.25, 0.3) is 0 Å². The van der Waals surface area contributed by atoms with Gasteiger partial charge in [0.15, 0.2) is 0 Å². The number of hydrogen-bond acceptors (Lipinski definition) is 4. The van der Waals surface area contributed by atoms with Gasteiger partial charge >= 0.3 is 0 Å². The SMILES string of the molecule is C=C/C(=C\C=C(/C)C1=NN(C)N=CC1)c1cc(F)c(C2(C)C=C[C@@H](CN/C=C\C)C2)cc1C. The second-order valence-electron chi connectivity index (χ2n) is 9.01. The number of nitrogens with one attached hydrogen (secondary N) is 1. The first-order chi connectivity index (χ1) is 15.8. The van der Waals surface area contributed by atoms with E-state index in [9.17, 15) is 0 Å². The molecule has 0 radical (unpaired) electrons. The molecule has 174 valence electrons. The topological polar surface area (TPSA) is 40.0 Å². The van der Waals surface area contributed by atoms with Crippen molar-refractivity contribution in [3.63, 3.8) is 0 Å². The zero-order valence-electron chi connectivity index (χ0n) is 20.4. The van der Waals surface area contributed by atoms with E-state index in [1.54, 1.807) is 17.3 Å². The Kier molecular flexibility index (Phi) is 7.85. The number of halogens is 1. The van der Waals surface area contributed by atoms with Crippen LogP contribution < -0.4 is 5.32 Å². The van der Waals surface area contributed by atoms with Crippen molar-refractivity contribution in [1.29, 1.82) is 0 Å². The molecule has 2 atom stereocenters. The van der Waals surface area contributed by atoms with Crippen LogP contribution in [0.3, 0.4) is 0 Å². The van der Waals surface area contributed by atoms with Crippen molar-refractivity contribution in [2.75, 3.05) is 13.6 Å². The molecule has 1 heterocycles. The molecular weight excluding hydrogens is 411 g/mol. The Morgan fingerprint density at radius 2 is 2.15 bits per heavy atom. The minimum atomic E-state index is -0.309. The van der Waals surface area contributed by atoms with E-state index in [1.807, 2.05) is 64.5 Å². The van der Waals surface area contributed by atoms with Crippen LogP contribution in [-0.4, -0.2) is 30.6 Å². The molecule has 0 aromatic heterocycles. The van der Waals surface area contributed by atoms with Gasteiger partial charge in [-0.25, -0.2) is 4.39 Å². The lowest BCUT2D eigenvalue weighted by Gasteiger charge is -2.26. The van der Waals surface area contributed by atoms with E-state index in [0.29, 0.717) is 12.3 Å². The fourth-order valence-electron chi connectivity index (χ4n) is 4.44. The largest absolute Gasteiger partial charge is 0.391 e. The highest BCUT2D eigenvalue weighted by Crippen LogP contribution is 2.41. The predicted octanol–water partition coefficient (Wildman–Crippen LogP) is 6.28. The zero-order chi connectivity index (χ0) is 24.0. The molecule has 0 spiro atoms. The van der Waals surface area contributed by atoms with Gasteiger partial charge < -0.3 is 5.32 Å². The van der Waals surface area contributed by atoms with Gasteiger partial charge in [0.1, 0.15) is 5.82 Å². The summed E-state index contributed by atoms with van der Waals surface area (Å²) in [6.07, 6.45) is 17.5. The van der Waals surface area contributed by atoms with Gasteiger partial charge in [0.2, 0.25) is 0 Å². The van der Waals surface area contributed by atoms with Crippen molar-refractivity contribution in [3.8, 4) is 0 Å². The summed E-state index contributed by atoms with van der Waals surface area (Å²) >= 11 is 0. The third-order valence-corrected chi connectivity index (χ3v) is 6.31. The van der Waals surface area contributed by atoms with E-state index < -0.39 is 0 Å². The lowest BCUT2D eigenvalue weighted by Crippen LogP contribution is -2.23. The summed E-state index contributed by atoms with van der Waals surface area (Å²) < 4.78 is 15.4. The summed E-state index contributed by atoms with van der Waals surface area (Å²) in [5.41, 5.74) is 5.23. The number of nitrogens with zero attached hydrogens (tertiary/aromatic N) is 3. The molecule has 1 aliphatic carbocycles. The summed E-state index contributed by atoms with van der Waals surface area (Å²) in [6.45, 7) is 13.0. The standard InChI is InChI=1S/C28H35FN4/c1-7-14-30-19-22-11-13-28(5,18-22)25-16-21(4)24(17-26(25)29)23(8-2)10-9-20(3)27-12-15-31-33(6)32-27/h7-11,13-17,22,30H,2,12,18-19H2,1,3-6H3/b14-7-,20-9+,23-10+/t22-,28?/m1/s1. The van der Waals surface area contributed by atoms with Crippen LogP contribution in [0.25, 0.3) is 5.57 Å². The van der Waals surface area contributed by atoms with Crippen LogP contribution in [0.15, 0.2) is 77.1 Å². The van der Waals surface area contributed by atoms with Gasteiger partial charge in [0.05, 0.1) is 5.71 Å². The Bertz CT molecular complexity index is 1070. The fraction of sp³-hybridized carbons (Fsp3) is 0.357. The van der Waals surface area contributed by atoms with E-state index in [2.05, 4.69) is 41.2 Å². The predicted molar refractivity (Wildman–Crippen MR) is 139 cm³/mol. The van der Waals surface area contributed by atoms with Gasteiger partial charge in [-0.05, 0) is 73.2 Å². The van der Waals surface area contributed by atoms with Gasteiger partial charge in [-0.2, -0.15) is 15.3 Å². The van der Waals surface area contributed by atoms with E-state index in [4.69, 9.17) is 0 Å². The summed E-state index contributed by atoms with van der Waals surface area (Å²) in [5.74, 6) is 0.210. The smallest absolute Gasteiger partial charge is 0.127 e. The molecule has 2 aliphatic rings. The Hall–Kier alpha value is -3.21. The van der Waals surface area contributed by atoms with Crippen molar-refractivity contribution < 1.29 is 4.39 Å². The van der Waals surface area contributed by atoms with Gasteiger partial charge in [-0.15, -0.1) is 0 Å². The maximum absolute atomic E-state index is 15.4. The Morgan fingerprint density at radius 1 is 1.36 bits per heavy atom. The maximum atomic E-state index is 15.4. The van der Waals surface area contributed by atoms with Crippen LogP contribution in [-0.2, 0) is 5.41 Å². The summed E-state index contributed by atoms with van der Waals surface area (Å²) in [6, 6.07) is 3.66. The van der Waals surface area contributed by atoms with Crippen molar-refractivity contribution >= 4 is 17.5 Å². The Labute approximate surface area is 197 Å². The molecule has 0 saturated heterocycles. The lowest BCUT2D eigenvalue weighted by atomic mass is 9.78. The number of benzene rings is 1. The molecule has 0 amide bonds. The van der Waals surface area contributed by atoms with Crippen molar-refractivity contribution in [3.05, 3.63) is 89.4 Å². The number of rotatable bonds is 8. The molecular formula is C28H35FN4. The summed E-state index contributed by atoms with van der Waals surface area (Å²) in [7, 11) is 1.81. The van der Waals surface area contributed by atoms with Crippen LogP contribution in [0.1, 0.15) is 50.3 Å². The molecule has 1 aliphatic heterocycles. The number of hydrogen-bond donors (Lipinski definition) is 1. The first-order valence-electron chi connectivity index (χ1n) is 11.5. The third-order valence-electron chi connectivity index (χ3n) is 6.31. The van der Waals surface area contributed by atoms with Crippen molar-refractivity contribution in [2.24, 2.45) is 16.1 Å². The van der Waals surface area contributed by atoms with E-state index in [0.717, 1.165) is 46.5 Å². The van der Waals surface area contributed by atoms with Crippen LogP contribution in [0.4, 0.5) is 4.39 Å². The number of hydrazone groups is 2. The molecule has 0 saturated carbocycles. The fourth-order valence-corrected chi connectivity index (χ4v) is 4.44. The first kappa shape index (κ1) is 24.4. The molecule has 1 aromatic carbocycles. The molecule has 0 bridgehead atoms. The monoisotopic (exact) mass is 446 g/mol. The second-order valence-corrected chi connectivity index (χ2v) is 9.01. The highest BCUT2D eigenvalue weighted by Gasteiger charge is 2.34. The van der Waals surface area contributed by atoms with E-state index in [1.165, 1.54) is 0 Å². The van der Waals surface area contributed by atoms with E-state index >= 15 is 4.39 Å². The second kappa shape index (κ2) is 10.6. The quantitative estimate of drug-likeness (QED) is 0.377. The lowest BCUT2D eigenvalue weighted by molar-refractivity contribution is 0.374. The zero-order valence-corrected chi connectivity index (χ0v) is 20.4. The highest BCUT2D eigenvalue weighted by molar-refractivity contribution is 6.07. The van der Waals surface area contributed by atoms with Crippen LogP contribution in [0.2, 0.25) is 0 Å². The number of allylic oxidation sites excluding steroid dienone is 7. The minimum absolute atomic E-state index is 0.173. The maximum Gasteiger partial charge on any atom is 0.127 e. The molecule has 0 fully saturated rings. The first-order valence-corrected chi connectivity index (χ1v) is 11.5.